The second kappa shape index (κ2) is 9.97. The Morgan fingerprint density at radius 2 is 1.79 bits per heavy atom. The van der Waals surface area contributed by atoms with E-state index in [4.69, 9.17) is 4.74 Å². The zero-order chi connectivity index (χ0) is 18.3. The van der Waals surface area contributed by atoms with Gasteiger partial charge in [0, 0.05) is 0 Å². The molecule has 0 aliphatic carbocycles. The second-order valence-corrected chi connectivity index (χ2v) is 10.5. The van der Waals surface area contributed by atoms with Crippen molar-refractivity contribution < 1.29 is 19.7 Å². The molecule has 1 unspecified atom stereocenters. The van der Waals surface area contributed by atoms with Gasteiger partial charge in [0.05, 0.1) is 0 Å². The summed E-state index contributed by atoms with van der Waals surface area (Å²) in [4.78, 5) is 12.7. The molecule has 5 heteroatoms. The molecular formula is C19H30O4Po. The maximum atomic E-state index is 12.7. The third-order valence-electron chi connectivity index (χ3n) is 4.48. The normalized spacial score (nSPS) is 17.1. The number of carbonyl (C=O) groups excluding carboxylic acids is 1. The third-order valence-corrected chi connectivity index (χ3v) is 8.50. The Morgan fingerprint density at radius 3 is 2.33 bits per heavy atom. The number of rotatable bonds is 10. The van der Waals surface area contributed by atoms with E-state index in [0.29, 0.717) is 13.2 Å². The molecule has 0 saturated carbocycles. The van der Waals surface area contributed by atoms with Crippen molar-refractivity contribution in [3.8, 4) is 0 Å². The molecule has 0 fully saturated rings. The van der Waals surface area contributed by atoms with Gasteiger partial charge in [-0.1, -0.05) is 6.07 Å². The fraction of sp³-hybridized carbons (Fsp3) is 0.632. The molecule has 1 aromatic carbocycles. The molecule has 2 N–H and O–H groups in total. The van der Waals surface area contributed by atoms with E-state index in [1.165, 1.54) is 0 Å². The molecule has 24 heavy (non-hydrogen) atoms. The molecule has 1 aromatic rings. The number of aliphatic hydroxyl groups is 2. The van der Waals surface area contributed by atoms with E-state index in [-0.39, 0.29) is 11.7 Å². The first kappa shape index (κ1) is 21.7. The van der Waals surface area contributed by atoms with Gasteiger partial charge in [0.15, 0.2) is 0 Å². The summed E-state index contributed by atoms with van der Waals surface area (Å²) in [6.07, 6.45) is -0.776. The van der Waals surface area contributed by atoms with E-state index in [1.54, 1.807) is 20.8 Å². The average Bonchev–Trinajstić information content (AvgIpc) is 2.59. The summed E-state index contributed by atoms with van der Waals surface area (Å²) in [5, 5.41) is 20.6. The van der Waals surface area contributed by atoms with Crippen molar-refractivity contribution in [3.05, 3.63) is 35.9 Å². The first-order chi connectivity index (χ1) is 11.2. The number of benzene rings is 1. The summed E-state index contributed by atoms with van der Waals surface area (Å²) in [5.74, 6) is -0.739. The van der Waals surface area contributed by atoms with Gasteiger partial charge >= 0.3 is 152 Å². The van der Waals surface area contributed by atoms with Crippen molar-refractivity contribution in [2.24, 2.45) is 17.3 Å². The van der Waals surface area contributed by atoms with Crippen molar-refractivity contribution in [1.82, 2.24) is 0 Å². The van der Waals surface area contributed by atoms with Crippen molar-refractivity contribution >= 4 is 29.3 Å². The molecule has 0 amide bonds. The molecule has 1 rings (SSSR count). The predicted molar refractivity (Wildman–Crippen MR) is 96.8 cm³/mol. The maximum absolute atomic E-state index is 12.7. The molecule has 0 aromatic heterocycles. The molecule has 0 spiro atoms. The van der Waals surface area contributed by atoms with Crippen LogP contribution in [-0.4, -0.2) is 56.0 Å². The van der Waals surface area contributed by atoms with Gasteiger partial charge in [-0.15, -0.1) is 0 Å². The van der Waals surface area contributed by atoms with Crippen LogP contribution < -0.4 is 0 Å². The molecule has 0 radical (unpaired) electrons. The SMILES string of the molecule is [CH3][Po][CH](O)C(C)(C)C(=O)[C@H](C)[C@@H](O)[C@@H](C)COCc1ccccc1. The summed E-state index contributed by atoms with van der Waals surface area (Å²) in [6.45, 7) is 8.08. The van der Waals surface area contributed by atoms with Crippen molar-refractivity contribution in [1.29, 1.82) is 0 Å². The third kappa shape index (κ3) is 5.88. The van der Waals surface area contributed by atoms with Gasteiger partial charge < -0.3 is 0 Å². The first-order valence-corrected chi connectivity index (χ1v) is 13.3. The summed E-state index contributed by atoms with van der Waals surface area (Å²) in [7, 11) is 0. The zero-order valence-electron chi connectivity index (χ0n) is 15.2. The van der Waals surface area contributed by atoms with E-state index in [9.17, 15) is 15.0 Å². The first-order valence-electron chi connectivity index (χ1n) is 8.26. The number of hydrogen-bond acceptors (Lipinski definition) is 4. The van der Waals surface area contributed by atoms with E-state index in [0.717, 1.165) is 5.56 Å². The molecule has 0 heterocycles. The van der Waals surface area contributed by atoms with Crippen LogP contribution in [0.2, 0.25) is 4.58 Å². The zero-order valence-corrected chi connectivity index (χ0v) is 18.4. The summed E-state index contributed by atoms with van der Waals surface area (Å²) < 4.78 is 7.15. The van der Waals surface area contributed by atoms with Crippen molar-refractivity contribution in [2.75, 3.05) is 6.61 Å². The minimum atomic E-state index is -0.941. The van der Waals surface area contributed by atoms with Gasteiger partial charge in [0.1, 0.15) is 0 Å². The minimum absolute atomic E-state index is 0.0701. The van der Waals surface area contributed by atoms with Gasteiger partial charge in [-0.3, -0.25) is 0 Å². The van der Waals surface area contributed by atoms with Gasteiger partial charge in [-0.05, 0) is 0 Å². The Labute approximate surface area is 157 Å². The number of hydrogen-bond donors (Lipinski definition) is 2. The predicted octanol–water partition coefficient (Wildman–Crippen LogP) is 2.50. The Morgan fingerprint density at radius 1 is 1.21 bits per heavy atom. The molecule has 0 aliphatic heterocycles. The number of aliphatic hydroxyl groups excluding tert-OH is 2. The summed E-state index contributed by atoms with van der Waals surface area (Å²) in [6, 6.07) is 9.86. The number of carbonyl (C=O) groups is 1. The average molecular weight is 531 g/mol. The second-order valence-electron chi connectivity index (χ2n) is 6.93. The summed E-state index contributed by atoms with van der Waals surface area (Å²) >= 11 is -0.941. The number of ether oxygens (including phenoxy) is 1. The van der Waals surface area contributed by atoms with Crippen LogP contribution in [0.15, 0.2) is 30.3 Å². The molecule has 4 nitrogen and oxygen atoms in total. The van der Waals surface area contributed by atoms with Gasteiger partial charge in [0.2, 0.25) is 0 Å². The Hall–Kier alpha value is -0.334. The Balaban J connectivity index is 2.54. The number of ketones is 1. The molecule has 4 atom stereocenters. The van der Waals surface area contributed by atoms with E-state index < -0.39 is 44.8 Å². The molecular weight excluding hydrogens is 501 g/mol. The monoisotopic (exact) mass is 531 g/mol. The molecule has 136 valence electrons. The van der Waals surface area contributed by atoms with Crippen LogP contribution in [0.1, 0.15) is 33.3 Å². The fourth-order valence-electron chi connectivity index (χ4n) is 2.69. The summed E-state index contributed by atoms with van der Waals surface area (Å²) in [5.41, 5.74) is 0.297. The molecule has 0 aliphatic rings. The molecule has 0 bridgehead atoms. The Bertz CT molecular complexity index is 503. The van der Waals surface area contributed by atoms with E-state index in [1.807, 2.05) is 41.8 Å². The number of Topliss-reactive ketones (excluding diaryl/α,β-unsaturated/α-hetero) is 1. The standard InChI is InChI=1S/C18H27O4.CH3.Po/c1-13(10-22-11-15-8-6-5-7-9-15)16(20)14(2)17(21)18(3,4)12-19;;/h5-9,12-14,16,19-20H,10-11H2,1-4H3;1H3;/t13-,14+,16-;;/m0../s1. The van der Waals surface area contributed by atoms with Crippen LogP contribution in [0.25, 0.3) is 0 Å². The van der Waals surface area contributed by atoms with Gasteiger partial charge in [-0.2, -0.15) is 0 Å². The van der Waals surface area contributed by atoms with Crippen molar-refractivity contribution in [3.63, 3.8) is 0 Å². The van der Waals surface area contributed by atoms with Crippen LogP contribution in [0.4, 0.5) is 0 Å². The Kier molecular flexibility index (Phi) is 9.02. The van der Waals surface area contributed by atoms with Crippen LogP contribution >= 0.6 is 0 Å². The van der Waals surface area contributed by atoms with Crippen LogP contribution in [0.5, 0.6) is 0 Å². The van der Waals surface area contributed by atoms with Crippen molar-refractivity contribution in [2.45, 2.75) is 48.8 Å². The van der Waals surface area contributed by atoms with Crippen LogP contribution in [0.3, 0.4) is 0 Å². The topological polar surface area (TPSA) is 66.8 Å². The fourth-order valence-corrected chi connectivity index (χ4v) is 5.43. The molecule has 0 saturated heterocycles. The quantitative estimate of drug-likeness (QED) is 0.487. The van der Waals surface area contributed by atoms with E-state index in [2.05, 4.69) is 0 Å². The van der Waals surface area contributed by atoms with Crippen LogP contribution in [-0.2, 0) is 16.1 Å². The van der Waals surface area contributed by atoms with Gasteiger partial charge in [0.25, 0.3) is 0 Å². The van der Waals surface area contributed by atoms with E-state index >= 15 is 0 Å². The van der Waals surface area contributed by atoms with Crippen LogP contribution in [0, 0.1) is 17.3 Å². The van der Waals surface area contributed by atoms with Gasteiger partial charge in [-0.25, -0.2) is 0 Å².